The lowest BCUT2D eigenvalue weighted by atomic mass is 10.2. The molecular formula is C19H29N7O. The molecule has 1 aromatic heterocycles. The van der Waals surface area contributed by atoms with Gasteiger partial charge in [0.1, 0.15) is 18.1 Å². The predicted octanol–water partition coefficient (Wildman–Crippen LogP) is 1.42. The van der Waals surface area contributed by atoms with Gasteiger partial charge in [-0.3, -0.25) is 0 Å². The maximum Gasteiger partial charge on any atom is 0.194 e. The first-order valence-corrected chi connectivity index (χ1v) is 9.40. The molecule has 8 nitrogen and oxygen atoms in total. The van der Waals surface area contributed by atoms with Crippen LogP contribution in [0.2, 0.25) is 0 Å². The molecule has 1 aliphatic rings. The summed E-state index contributed by atoms with van der Waals surface area (Å²) in [5.41, 5.74) is 1.15. The van der Waals surface area contributed by atoms with Crippen LogP contribution in [0.4, 0.5) is 5.69 Å². The minimum absolute atomic E-state index is 0.520. The second-order valence-corrected chi connectivity index (χ2v) is 6.54. The van der Waals surface area contributed by atoms with Crippen molar-refractivity contribution in [3.8, 4) is 5.75 Å². The maximum atomic E-state index is 5.51. The van der Waals surface area contributed by atoms with E-state index in [0.717, 1.165) is 61.8 Å². The van der Waals surface area contributed by atoms with E-state index < -0.39 is 0 Å². The Morgan fingerprint density at radius 3 is 2.56 bits per heavy atom. The Hall–Kier alpha value is -2.77. The molecule has 1 saturated heterocycles. The third kappa shape index (κ3) is 4.32. The van der Waals surface area contributed by atoms with Crippen LogP contribution < -0.4 is 15.0 Å². The number of piperazine rings is 1. The predicted molar refractivity (Wildman–Crippen MR) is 107 cm³/mol. The zero-order valence-electron chi connectivity index (χ0n) is 16.6. The van der Waals surface area contributed by atoms with Crippen LogP contribution in [0.25, 0.3) is 0 Å². The third-order valence-electron chi connectivity index (χ3n) is 4.89. The summed E-state index contributed by atoms with van der Waals surface area (Å²) < 4.78 is 7.48. The van der Waals surface area contributed by atoms with Gasteiger partial charge in [-0.15, -0.1) is 10.2 Å². The summed E-state index contributed by atoms with van der Waals surface area (Å²) in [6, 6.07) is 8.18. The molecule has 0 aliphatic carbocycles. The number of hydrogen-bond acceptors (Lipinski definition) is 5. The molecule has 1 N–H and O–H groups in total. The summed E-state index contributed by atoms with van der Waals surface area (Å²) in [5.74, 6) is 3.62. The standard InChI is InChI=1S/C19H29N7O/c1-5-20-19(21-14-18-23-22-15(2)24(18)3)26-12-10-25(11-13-26)16-8-6-7-9-17(16)27-4/h6-9H,5,10-14H2,1-4H3,(H,20,21). The lowest BCUT2D eigenvalue weighted by molar-refractivity contribution is 0.367. The van der Waals surface area contributed by atoms with Crippen LogP contribution in [0.1, 0.15) is 18.6 Å². The van der Waals surface area contributed by atoms with Gasteiger partial charge in [-0.05, 0) is 26.0 Å². The van der Waals surface area contributed by atoms with Crippen molar-refractivity contribution in [1.29, 1.82) is 0 Å². The number of aryl methyl sites for hydroxylation is 1. The molecule has 0 amide bonds. The van der Waals surface area contributed by atoms with E-state index in [0.29, 0.717) is 6.54 Å². The molecule has 0 spiro atoms. The summed E-state index contributed by atoms with van der Waals surface area (Å²) in [6.07, 6.45) is 0. The second kappa shape index (κ2) is 8.75. The van der Waals surface area contributed by atoms with E-state index in [9.17, 15) is 0 Å². The van der Waals surface area contributed by atoms with Crippen molar-refractivity contribution in [3.05, 3.63) is 35.9 Å². The van der Waals surface area contributed by atoms with Gasteiger partial charge >= 0.3 is 0 Å². The van der Waals surface area contributed by atoms with E-state index in [1.54, 1.807) is 7.11 Å². The smallest absolute Gasteiger partial charge is 0.194 e. The van der Waals surface area contributed by atoms with E-state index in [1.165, 1.54) is 0 Å². The van der Waals surface area contributed by atoms with E-state index in [1.807, 2.05) is 30.7 Å². The van der Waals surface area contributed by atoms with E-state index >= 15 is 0 Å². The third-order valence-corrected chi connectivity index (χ3v) is 4.89. The molecule has 0 bridgehead atoms. The fraction of sp³-hybridized carbons (Fsp3) is 0.526. The summed E-state index contributed by atoms with van der Waals surface area (Å²) in [5, 5.41) is 11.7. The Balaban J connectivity index is 1.66. The first kappa shape index (κ1) is 19.0. The fourth-order valence-corrected chi connectivity index (χ4v) is 3.21. The molecule has 3 rings (SSSR count). The molecule has 2 aromatic rings. The number of aromatic nitrogens is 3. The van der Waals surface area contributed by atoms with Gasteiger partial charge in [0.25, 0.3) is 0 Å². The molecule has 2 heterocycles. The quantitative estimate of drug-likeness (QED) is 0.633. The number of ether oxygens (including phenoxy) is 1. The second-order valence-electron chi connectivity index (χ2n) is 6.54. The Bertz CT molecular complexity index is 778. The van der Waals surface area contributed by atoms with Gasteiger partial charge in [0.15, 0.2) is 11.8 Å². The zero-order valence-corrected chi connectivity index (χ0v) is 16.6. The minimum Gasteiger partial charge on any atom is -0.495 e. The van der Waals surface area contributed by atoms with Gasteiger partial charge in [0.05, 0.1) is 12.8 Å². The van der Waals surface area contributed by atoms with Crippen LogP contribution in [-0.4, -0.2) is 65.5 Å². The van der Waals surface area contributed by atoms with E-state index in [4.69, 9.17) is 9.73 Å². The topological polar surface area (TPSA) is 70.8 Å². The average molecular weight is 371 g/mol. The van der Waals surface area contributed by atoms with Crippen molar-refractivity contribution in [2.45, 2.75) is 20.4 Å². The number of nitrogens with one attached hydrogen (secondary N) is 1. The number of aliphatic imine (C=N–C) groups is 1. The van der Waals surface area contributed by atoms with E-state index in [2.05, 4.69) is 44.4 Å². The van der Waals surface area contributed by atoms with Gasteiger partial charge in [0.2, 0.25) is 0 Å². The van der Waals surface area contributed by atoms with Crippen LogP contribution >= 0.6 is 0 Å². The number of para-hydroxylation sites is 2. The number of anilines is 1. The van der Waals surface area contributed by atoms with Crippen molar-refractivity contribution in [2.75, 3.05) is 44.7 Å². The highest BCUT2D eigenvalue weighted by Gasteiger charge is 2.21. The Kier molecular flexibility index (Phi) is 6.16. The molecule has 1 fully saturated rings. The number of hydrogen-bond donors (Lipinski definition) is 1. The van der Waals surface area contributed by atoms with Crippen LogP contribution in [0.3, 0.4) is 0 Å². The van der Waals surface area contributed by atoms with Crippen molar-refractivity contribution in [2.24, 2.45) is 12.0 Å². The molecular weight excluding hydrogens is 342 g/mol. The van der Waals surface area contributed by atoms with Crippen molar-refractivity contribution >= 4 is 11.6 Å². The van der Waals surface area contributed by atoms with Crippen LogP contribution in [0, 0.1) is 6.92 Å². The Labute approximate surface area is 160 Å². The molecule has 146 valence electrons. The molecule has 27 heavy (non-hydrogen) atoms. The molecule has 0 unspecified atom stereocenters. The molecule has 0 atom stereocenters. The summed E-state index contributed by atoms with van der Waals surface area (Å²) in [6.45, 7) is 9.05. The number of benzene rings is 1. The first-order valence-electron chi connectivity index (χ1n) is 9.40. The van der Waals surface area contributed by atoms with Gasteiger partial charge < -0.3 is 24.4 Å². The van der Waals surface area contributed by atoms with Gasteiger partial charge in [0, 0.05) is 39.8 Å². The van der Waals surface area contributed by atoms with Crippen molar-refractivity contribution < 1.29 is 4.74 Å². The number of nitrogens with zero attached hydrogens (tertiary/aromatic N) is 6. The Morgan fingerprint density at radius 2 is 1.93 bits per heavy atom. The normalized spacial score (nSPS) is 15.2. The summed E-state index contributed by atoms with van der Waals surface area (Å²) >= 11 is 0. The fourth-order valence-electron chi connectivity index (χ4n) is 3.21. The minimum atomic E-state index is 0.520. The van der Waals surface area contributed by atoms with Crippen LogP contribution in [0.15, 0.2) is 29.3 Å². The first-order chi connectivity index (χ1) is 13.1. The lowest BCUT2D eigenvalue weighted by Gasteiger charge is -2.38. The van der Waals surface area contributed by atoms with Crippen LogP contribution in [0.5, 0.6) is 5.75 Å². The average Bonchev–Trinajstić information content (AvgIpc) is 3.03. The Morgan fingerprint density at radius 1 is 1.19 bits per heavy atom. The summed E-state index contributed by atoms with van der Waals surface area (Å²) in [4.78, 5) is 9.45. The number of guanidine groups is 1. The highest BCUT2D eigenvalue weighted by Crippen LogP contribution is 2.28. The SMILES string of the molecule is CCNC(=NCc1nnc(C)n1C)N1CCN(c2ccccc2OC)CC1. The lowest BCUT2D eigenvalue weighted by Crippen LogP contribution is -2.52. The molecule has 1 aromatic carbocycles. The maximum absolute atomic E-state index is 5.51. The van der Waals surface area contributed by atoms with Crippen molar-refractivity contribution in [1.82, 2.24) is 25.0 Å². The van der Waals surface area contributed by atoms with Crippen molar-refractivity contribution in [3.63, 3.8) is 0 Å². The highest BCUT2D eigenvalue weighted by molar-refractivity contribution is 5.80. The molecule has 0 radical (unpaired) electrons. The highest BCUT2D eigenvalue weighted by atomic mass is 16.5. The summed E-state index contributed by atoms with van der Waals surface area (Å²) in [7, 11) is 3.69. The molecule has 8 heteroatoms. The van der Waals surface area contributed by atoms with Crippen LogP contribution in [-0.2, 0) is 13.6 Å². The van der Waals surface area contributed by atoms with Gasteiger partial charge in [-0.2, -0.15) is 0 Å². The van der Waals surface area contributed by atoms with Gasteiger partial charge in [-0.25, -0.2) is 4.99 Å². The monoisotopic (exact) mass is 371 g/mol. The number of methoxy groups -OCH3 is 1. The molecule has 1 aliphatic heterocycles. The largest absolute Gasteiger partial charge is 0.495 e. The zero-order chi connectivity index (χ0) is 19.2. The number of rotatable bonds is 5. The van der Waals surface area contributed by atoms with Gasteiger partial charge in [-0.1, -0.05) is 12.1 Å². The van der Waals surface area contributed by atoms with E-state index in [-0.39, 0.29) is 0 Å². The molecule has 0 saturated carbocycles.